The van der Waals surface area contributed by atoms with E-state index in [0.717, 1.165) is 3.79 Å². The van der Waals surface area contributed by atoms with Gasteiger partial charge < -0.3 is 9.47 Å². The molecule has 0 radical (unpaired) electrons. The quantitative estimate of drug-likeness (QED) is 0.779. The second-order valence-corrected chi connectivity index (χ2v) is 6.87. The third-order valence-corrected chi connectivity index (χ3v) is 4.52. The van der Waals surface area contributed by atoms with Crippen LogP contribution in [0.15, 0.2) is 40.2 Å². The Hall–Kier alpha value is -2.06. The molecule has 22 heavy (non-hydrogen) atoms. The molecule has 1 atom stereocenters. The highest BCUT2D eigenvalue weighted by atomic mass is 79.9. The number of benzene rings is 1. The van der Waals surface area contributed by atoms with Gasteiger partial charge in [-0.3, -0.25) is 20.4 Å². The lowest BCUT2D eigenvalue weighted by molar-refractivity contribution is -0.131. The first-order chi connectivity index (χ1) is 10.6. The molecule has 1 aliphatic heterocycles. The van der Waals surface area contributed by atoms with E-state index < -0.39 is 12.0 Å². The van der Waals surface area contributed by atoms with Gasteiger partial charge in [0, 0.05) is 0 Å². The average Bonchev–Trinajstić information content (AvgIpc) is 2.98. The van der Waals surface area contributed by atoms with Crippen molar-refractivity contribution in [3.05, 3.63) is 45.1 Å². The van der Waals surface area contributed by atoms with Crippen molar-refractivity contribution in [1.29, 1.82) is 0 Å². The molecule has 2 N–H and O–H groups in total. The summed E-state index contributed by atoms with van der Waals surface area (Å²) in [7, 11) is 0. The molecular weight excluding hydrogens is 372 g/mol. The summed E-state index contributed by atoms with van der Waals surface area (Å²) in [5.41, 5.74) is 4.69. The highest BCUT2D eigenvalue weighted by Gasteiger charge is 2.27. The number of carbonyl (C=O) groups is 2. The van der Waals surface area contributed by atoms with Gasteiger partial charge in [-0.15, -0.1) is 11.3 Å². The van der Waals surface area contributed by atoms with Crippen LogP contribution in [0.25, 0.3) is 0 Å². The number of ether oxygens (including phenoxy) is 2. The maximum absolute atomic E-state index is 12.0. The van der Waals surface area contributed by atoms with Gasteiger partial charge in [0.2, 0.25) is 6.10 Å². The molecule has 0 bridgehead atoms. The van der Waals surface area contributed by atoms with E-state index >= 15 is 0 Å². The summed E-state index contributed by atoms with van der Waals surface area (Å²) in [6.07, 6.45) is -0.815. The van der Waals surface area contributed by atoms with Gasteiger partial charge in [0.05, 0.1) is 8.66 Å². The maximum atomic E-state index is 12.0. The molecule has 0 aliphatic carbocycles. The minimum Gasteiger partial charge on any atom is -0.485 e. The lowest BCUT2D eigenvalue weighted by atomic mass is 10.2. The zero-order valence-corrected chi connectivity index (χ0v) is 13.6. The number of thiophene rings is 1. The van der Waals surface area contributed by atoms with Gasteiger partial charge in [0.15, 0.2) is 11.5 Å². The van der Waals surface area contributed by atoms with Crippen molar-refractivity contribution in [2.45, 2.75) is 6.10 Å². The third kappa shape index (κ3) is 3.23. The highest BCUT2D eigenvalue weighted by molar-refractivity contribution is 9.11. The van der Waals surface area contributed by atoms with Crippen molar-refractivity contribution in [3.63, 3.8) is 0 Å². The van der Waals surface area contributed by atoms with E-state index in [4.69, 9.17) is 9.47 Å². The summed E-state index contributed by atoms with van der Waals surface area (Å²) in [5, 5.41) is 0. The predicted octanol–water partition coefficient (Wildman–Crippen LogP) is 2.11. The van der Waals surface area contributed by atoms with Crippen LogP contribution in [-0.4, -0.2) is 24.5 Å². The van der Waals surface area contributed by atoms with Gasteiger partial charge in [-0.2, -0.15) is 0 Å². The van der Waals surface area contributed by atoms with Gasteiger partial charge in [-0.05, 0) is 40.2 Å². The molecule has 2 heterocycles. The van der Waals surface area contributed by atoms with Crippen molar-refractivity contribution in [2.75, 3.05) is 6.61 Å². The Morgan fingerprint density at radius 1 is 1.14 bits per heavy atom. The van der Waals surface area contributed by atoms with E-state index in [1.54, 1.807) is 30.3 Å². The molecule has 6 nitrogen and oxygen atoms in total. The van der Waals surface area contributed by atoms with Gasteiger partial charge in [-0.25, -0.2) is 0 Å². The number of carbonyl (C=O) groups excluding carboxylic acids is 2. The Bertz CT molecular complexity index is 718. The smallest absolute Gasteiger partial charge is 0.283 e. The summed E-state index contributed by atoms with van der Waals surface area (Å²) >= 11 is 4.54. The Kier molecular flexibility index (Phi) is 4.30. The zero-order chi connectivity index (χ0) is 15.5. The van der Waals surface area contributed by atoms with Crippen LogP contribution in [0.5, 0.6) is 11.5 Å². The number of para-hydroxylation sites is 2. The molecule has 8 heteroatoms. The number of hydrogen-bond donors (Lipinski definition) is 2. The average molecular weight is 383 g/mol. The van der Waals surface area contributed by atoms with Crippen LogP contribution in [0.1, 0.15) is 9.67 Å². The lowest BCUT2D eigenvalue weighted by Gasteiger charge is -2.25. The Morgan fingerprint density at radius 2 is 1.91 bits per heavy atom. The number of hydrogen-bond acceptors (Lipinski definition) is 5. The fourth-order valence-electron chi connectivity index (χ4n) is 1.85. The monoisotopic (exact) mass is 382 g/mol. The van der Waals surface area contributed by atoms with E-state index in [-0.39, 0.29) is 12.5 Å². The fourth-order valence-corrected chi connectivity index (χ4v) is 3.13. The zero-order valence-electron chi connectivity index (χ0n) is 11.2. The van der Waals surface area contributed by atoms with Crippen LogP contribution in [0.2, 0.25) is 0 Å². The van der Waals surface area contributed by atoms with Gasteiger partial charge in [-0.1, -0.05) is 12.1 Å². The molecular formula is C14H11BrN2O4S. The van der Waals surface area contributed by atoms with Crippen LogP contribution < -0.4 is 20.3 Å². The summed E-state index contributed by atoms with van der Waals surface area (Å²) < 4.78 is 11.8. The number of hydrazine groups is 1. The molecule has 114 valence electrons. The highest BCUT2D eigenvalue weighted by Crippen LogP contribution is 2.30. The maximum Gasteiger partial charge on any atom is 0.283 e. The van der Waals surface area contributed by atoms with Gasteiger partial charge in [0.1, 0.15) is 6.61 Å². The molecule has 1 unspecified atom stereocenters. The van der Waals surface area contributed by atoms with Crippen molar-refractivity contribution < 1.29 is 19.1 Å². The van der Waals surface area contributed by atoms with E-state index in [9.17, 15) is 9.59 Å². The van der Waals surface area contributed by atoms with Crippen molar-refractivity contribution in [1.82, 2.24) is 10.9 Å². The van der Waals surface area contributed by atoms with E-state index in [1.165, 1.54) is 11.3 Å². The largest absolute Gasteiger partial charge is 0.485 e. The van der Waals surface area contributed by atoms with Crippen molar-refractivity contribution >= 4 is 39.1 Å². The molecule has 1 aromatic carbocycles. The SMILES string of the molecule is O=C(NNC(=O)C1COc2ccccc2O1)c1ccc(Br)s1. The Labute approximate surface area is 138 Å². The second kappa shape index (κ2) is 6.37. The number of nitrogens with one attached hydrogen (secondary N) is 2. The minimum atomic E-state index is -0.815. The Balaban J connectivity index is 1.56. The number of rotatable bonds is 2. The molecule has 0 spiro atoms. The summed E-state index contributed by atoms with van der Waals surface area (Å²) in [6.45, 7) is 0.0866. The molecule has 3 rings (SSSR count). The van der Waals surface area contributed by atoms with Crippen molar-refractivity contribution in [3.8, 4) is 11.5 Å². The fraction of sp³-hybridized carbons (Fsp3) is 0.143. The summed E-state index contributed by atoms with van der Waals surface area (Å²) in [5.74, 6) is 0.237. The molecule has 0 fully saturated rings. The summed E-state index contributed by atoms with van der Waals surface area (Å²) in [4.78, 5) is 24.3. The first-order valence-corrected chi connectivity index (χ1v) is 7.98. The first kappa shape index (κ1) is 14.9. The van der Waals surface area contributed by atoms with Gasteiger partial charge >= 0.3 is 0 Å². The van der Waals surface area contributed by atoms with E-state index in [2.05, 4.69) is 26.8 Å². The van der Waals surface area contributed by atoms with E-state index in [1.807, 2.05) is 6.07 Å². The normalized spacial score (nSPS) is 16.0. The standard InChI is InChI=1S/C14H11BrN2O4S/c15-12-6-5-11(22-12)14(19)17-16-13(18)10-7-20-8-3-1-2-4-9(8)21-10/h1-6,10H,7H2,(H,16,18)(H,17,19). The molecule has 2 aromatic rings. The third-order valence-electron chi connectivity index (χ3n) is 2.90. The molecule has 2 amide bonds. The van der Waals surface area contributed by atoms with Crippen LogP contribution in [0.4, 0.5) is 0 Å². The predicted molar refractivity (Wildman–Crippen MR) is 84.0 cm³/mol. The number of fused-ring (bicyclic) bond motifs is 1. The molecule has 1 aliphatic rings. The van der Waals surface area contributed by atoms with Crippen molar-refractivity contribution in [2.24, 2.45) is 0 Å². The van der Waals surface area contributed by atoms with Gasteiger partial charge in [0.25, 0.3) is 11.8 Å². The van der Waals surface area contributed by atoms with Crippen LogP contribution in [-0.2, 0) is 4.79 Å². The van der Waals surface area contributed by atoms with E-state index in [0.29, 0.717) is 16.4 Å². The Morgan fingerprint density at radius 3 is 2.64 bits per heavy atom. The number of halogens is 1. The minimum absolute atomic E-state index is 0.0866. The molecule has 0 saturated carbocycles. The number of amides is 2. The molecule has 0 saturated heterocycles. The van der Waals surface area contributed by atoms with Crippen LogP contribution in [0, 0.1) is 0 Å². The first-order valence-electron chi connectivity index (χ1n) is 6.37. The second-order valence-electron chi connectivity index (χ2n) is 4.41. The van der Waals surface area contributed by atoms with Crippen LogP contribution >= 0.6 is 27.3 Å². The summed E-state index contributed by atoms with van der Waals surface area (Å²) in [6, 6.07) is 10.5. The molecule has 1 aromatic heterocycles. The topological polar surface area (TPSA) is 76.7 Å². The lowest BCUT2D eigenvalue weighted by Crippen LogP contribution is -2.50. The van der Waals surface area contributed by atoms with Crippen LogP contribution in [0.3, 0.4) is 0 Å².